The van der Waals surface area contributed by atoms with Crippen molar-refractivity contribution in [3.8, 4) is 0 Å². The average molecular weight is 330 g/mol. The maximum atomic E-state index is 12.2. The summed E-state index contributed by atoms with van der Waals surface area (Å²) in [5.41, 5.74) is -0.208. The van der Waals surface area contributed by atoms with E-state index in [1.165, 1.54) is 11.8 Å². The molecule has 0 aromatic heterocycles. The lowest BCUT2D eigenvalue weighted by atomic mass is 9.83. The second-order valence-electron chi connectivity index (χ2n) is 5.30. The Kier molecular flexibility index (Phi) is 7.57. The first kappa shape index (κ1) is 18.3. The zero-order valence-electron chi connectivity index (χ0n) is 12.9. The van der Waals surface area contributed by atoms with Crippen molar-refractivity contribution in [1.29, 1.82) is 0 Å². The van der Waals surface area contributed by atoms with Crippen molar-refractivity contribution in [3.05, 3.63) is 29.3 Å². The normalized spacial score (nSPS) is 13.0. The van der Waals surface area contributed by atoms with Crippen LogP contribution in [0.4, 0.5) is 0 Å². The van der Waals surface area contributed by atoms with Gasteiger partial charge in [-0.3, -0.25) is 4.79 Å². The molecule has 0 spiro atoms. The number of rotatable bonds is 8. The van der Waals surface area contributed by atoms with Gasteiger partial charge in [0.1, 0.15) is 0 Å². The highest BCUT2D eigenvalue weighted by Crippen LogP contribution is 2.26. The second kappa shape index (κ2) is 8.66. The number of aliphatic hydroxyl groups excluding tert-OH is 1. The molecule has 2 N–H and O–H groups in total. The molecule has 21 heavy (non-hydrogen) atoms. The molecular formula is C16H24ClNO2S. The lowest BCUT2D eigenvalue weighted by Crippen LogP contribution is -2.42. The number of hydrogen-bond donors (Lipinski definition) is 2. The van der Waals surface area contributed by atoms with E-state index >= 15 is 0 Å². The van der Waals surface area contributed by atoms with E-state index < -0.39 is 0 Å². The van der Waals surface area contributed by atoms with Gasteiger partial charge in [-0.15, -0.1) is 11.8 Å². The molecule has 1 rings (SSSR count). The summed E-state index contributed by atoms with van der Waals surface area (Å²) in [5.74, 6) is -0.00493. The van der Waals surface area contributed by atoms with E-state index in [0.717, 1.165) is 17.7 Å². The molecule has 1 atom stereocenters. The minimum atomic E-state index is -0.208. The summed E-state index contributed by atoms with van der Waals surface area (Å²) in [6, 6.07) is 7.46. The van der Waals surface area contributed by atoms with Crippen LogP contribution in [0.5, 0.6) is 0 Å². The van der Waals surface area contributed by atoms with Gasteiger partial charge in [0, 0.05) is 21.9 Å². The topological polar surface area (TPSA) is 49.3 Å². The van der Waals surface area contributed by atoms with E-state index in [-0.39, 0.29) is 23.2 Å². The number of hydrogen-bond acceptors (Lipinski definition) is 3. The zero-order chi connectivity index (χ0) is 15.9. The Bertz CT molecular complexity index is 438. The standard InChI is InChI=1S/C16H24ClNO2S/c1-4-16(5-2,11-19)10-18-15(20)12(3)21-14-8-6-13(17)7-9-14/h6-9,12,19H,4-5,10-11H2,1-3H3,(H,18,20). The predicted molar refractivity (Wildman–Crippen MR) is 89.9 cm³/mol. The quantitative estimate of drug-likeness (QED) is 0.714. The van der Waals surface area contributed by atoms with Crippen molar-refractivity contribution >= 4 is 29.3 Å². The fourth-order valence-corrected chi connectivity index (χ4v) is 2.99. The number of thioether (sulfide) groups is 1. The van der Waals surface area contributed by atoms with Crippen molar-refractivity contribution in [1.82, 2.24) is 5.32 Å². The van der Waals surface area contributed by atoms with E-state index in [4.69, 9.17) is 11.6 Å². The summed E-state index contributed by atoms with van der Waals surface area (Å²) in [5, 5.41) is 13.0. The van der Waals surface area contributed by atoms with Gasteiger partial charge < -0.3 is 10.4 Å². The van der Waals surface area contributed by atoms with Crippen LogP contribution in [-0.4, -0.2) is 29.4 Å². The largest absolute Gasteiger partial charge is 0.396 e. The summed E-state index contributed by atoms with van der Waals surface area (Å²) in [6.07, 6.45) is 1.69. The Labute approximate surface area is 136 Å². The van der Waals surface area contributed by atoms with Crippen LogP contribution in [0.3, 0.4) is 0 Å². The zero-order valence-corrected chi connectivity index (χ0v) is 14.4. The molecule has 0 aliphatic rings. The van der Waals surface area contributed by atoms with E-state index in [9.17, 15) is 9.90 Å². The Morgan fingerprint density at radius 1 is 1.33 bits per heavy atom. The van der Waals surface area contributed by atoms with Crippen LogP contribution in [0.15, 0.2) is 29.2 Å². The lowest BCUT2D eigenvalue weighted by Gasteiger charge is -2.30. The summed E-state index contributed by atoms with van der Waals surface area (Å²) < 4.78 is 0. The van der Waals surface area contributed by atoms with Crippen LogP contribution in [0.25, 0.3) is 0 Å². The second-order valence-corrected chi connectivity index (χ2v) is 7.15. The van der Waals surface area contributed by atoms with E-state index in [2.05, 4.69) is 5.32 Å². The Morgan fingerprint density at radius 3 is 2.38 bits per heavy atom. The molecule has 1 amide bonds. The summed E-state index contributed by atoms with van der Waals surface area (Å²) in [6.45, 7) is 6.57. The molecule has 0 saturated carbocycles. The first-order valence-corrected chi connectivity index (χ1v) is 8.53. The van der Waals surface area contributed by atoms with Crippen molar-refractivity contribution in [2.24, 2.45) is 5.41 Å². The van der Waals surface area contributed by atoms with Gasteiger partial charge in [-0.25, -0.2) is 0 Å². The smallest absolute Gasteiger partial charge is 0.233 e. The number of carbonyl (C=O) groups is 1. The van der Waals surface area contributed by atoms with Gasteiger partial charge in [0.2, 0.25) is 5.91 Å². The molecule has 0 aliphatic heterocycles. The average Bonchev–Trinajstić information content (AvgIpc) is 2.51. The lowest BCUT2D eigenvalue weighted by molar-refractivity contribution is -0.121. The molecule has 5 heteroatoms. The maximum Gasteiger partial charge on any atom is 0.233 e. The van der Waals surface area contributed by atoms with Crippen molar-refractivity contribution in [2.75, 3.05) is 13.2 Å². The summed E-state index contributed by atoms with van der Waals surface area (Å²) in [4.78, 5) is 13.2. The number of aliphatic hydroxyl groups is 1. The van der Waals surface area contributed by atoms with Crippen LogP contribution in [0.2, 0.25) is 5.02 Å². The first-order valence-electron chi connectivity index (χ1n) is 7.27. The van der Waals surface area contributed by atoms with E-state index in [1.54, 1.807) is 0 Å². The van der Waals surface area contributed by atoms with Gasteiger partial charge in [-0.1, -0.05) is 25.4 Å². The molecule has 0 radical (unpaired) electrons. The van der Waals surface area contributed by atoms with Crippen LogP contribution in [0, 0.1) is 5.41 Å². The molecule has 0 heterocycles. The third-order valence-corrected chi connectivity index (χ3v) is 5.33. The number of benzene rings is 1. The third kappa shape index (κ3) is 5.53. The first-order chi connectivity index (χ1) is 9.96. The fourth-order valence-electron chi connectivity index (χ4n) is 1.97. The Morgan fingerprint density at radius 2 is 1.90 bits per heavy atom. The fraction of sp³-hybridized carbons (Fsp3) is 0.562. The SMILES string of the molecule is CCC(CC)(CO)CNC(=O)C(C)Sc1ccc(Cl)cc1. The molecule has 0 saturated heterocycles. The van der Waals surface area contributed by atoms with Crippen molar-refractivity contribution in [2.45, 2.75) is 43.8 Å². The number of carbonyl (C=O) groups excluding carboxylic acids is 1. The van der Waals surface area contributed by atoms with Gasteiger partial charge in [0.15, 0.2) is 0 Å². The Balaban J connectivity index is 2.53. The monoisotopic (exact) mass is 329 g/mol. The number of nitrogens with one attached hydrogen (secondary N) is 1. The van der Waals surface area contributed by atoms with Gasteiger partial charge >= 0.3 is 0 Å². The Hall–Kier alpha value is -0.710. The van der Waals surface area contributed by atoms with Crippen LogP contribution in [0.1, 0.15) is 33.6 Å². The van der Waals surface area contributed by atoms with E-state index in [0.29, 0.717) is 11.6 Å². The summed E-state index contributed by atoms with van der Waals surface area (Å²) >= 11 is 7.35. The number of halogens is 1. The molecule has 1 unspecified atom stereocenters. The van der Waals surface area contributed by atoms with Crippen molar-refractivity contribution < 1.29 is 9.90 Å². The predicted octanol–water partition coefficient (Wildman–Crippen LogP) is 3.74. The van der Waals surface area contributed by atoms with Gasteiger partial charge in [-0.05, 0) is 44.0 Å². The maximum absolute atomic E-state index is 12.2. The number of amides is 1. The molecule has 118 valence electrons. The third-order valence-electron chi connectivity index (χ3n) is 3.97. The summed E-state index contributed by atoms with van der Waals surface area (Å²) in [7, 11) is 0. The van der Waals surface area contributed by atoms with Crippen LogP contribution >= 0.6 is 23.4 Å². The highest BCUT2D eigenvalue weighted by molar-refractivity contribution is 8.00. The highest BCUT2D eigenvalue weighted by Gasteiger charge is 2.26. The minimum absolute atomic E-state index is 0.00493. The minimum Gasteiger partial charge on any atom is -0.396 e. The molecule has 3 nitrogen and oxygen atoms in total. The molecule has 0 aliphatic carbocycles. The van der Waals surface area contributed by atoms with Gasteiger partial charge in [-0.2, -0.15) is 0 Å². The molecular weight excluding hydrogens is 306 g/mol. The van der Waals surface area contributed by atoms with Crippen LogP contribution < -0.4 is 5.32 Å². The molecule has 0 fully saturated rings. The molecule has 1 aromatic rings. The van der Waals surface area contributed by atoms with E-state index in [1.807, 2.05) is 45.0 Å². The van der Waals surface area contributed by atoms with Gasteiger partial charge in [0.05, 0.1) is 11.9 Å². The van der Waals surface area contributed by atoms with Gasteiger partial charge in [0.25, 0.3) is 0 Å². The molecule has 0 bridgehead atoms. The van der Waals surface area contributed by atoms with Crippen molar-refractivity contribution in [3.63, 3.8) is 0 Å². The highest BCUT2D eigenvalue weighted by atomic mass is 35.5. The van der Waals surface area contributed by atoms with Crippen LogP contribution in [-0.2, 0) is 4.79 Å². The molecule has 1 aromatic carbocycles.